The van der Waals surface area contributed by atoms with Crippen molar-refractivity contribution in [1.29, 1.82) is 0 Å². The van der Waals surface area contributed by atoms with Gasteiger partial charge in [-0.15, -0.1) is 0 Å². The maximum atomic E-state index is 15.0. The molecule has 5 rings (SSSR count). The molecule has 0 aliphatic heterocycles. The summed E-state index contributed by atoms with van der Waals surface area (Å²) in [5, 5.41) is 9.42. The minimum Gasteiger partial charge on any atom is -0.369 e. The first kappa shape index (κ1) is 19.4. The van der Waals surface area contributed by atoms with Crippen molar-refractivity contribution in [3.05, 3.63) is 41.2 Å². The number of H-pyrrole nitrogens is 1. The summed E-state index contributed by atoms with van der Waals surface area (Å²) in [5.41, 5.74) is 6.54. The fraction of sp³-hybridized carbons (Fsp3) is 0.211. The molecule has 3 aromatic heterocycles. The van der Waals surface area contributed by atoms with Gasteiger partial charge in [0.25, 0.3) is 0 Å². The third-order valence-electron chi connectivity index (χ3n) is 5.14. The number of hydrogen-bond donors (Lipinski definition) is 3. The summed E-state index contributed by atoms with van der Waals surface area (Å²) in [6.45, 7) is 0. The highest BCUT2D eigenvalue weighted by atomic mass is 35.5. The number of carbonyl (C=O) groups excluding carboxylic acids is 2. The zero-order chi connectivity index (χ0) is 21.9. The van der Waals surface area contributed by atoms with Crippen molar-refractivity contribution in [1.82, 2.24) is 24.6 Å². The Hall–Kier alpha value is -3.60. The second-order valence-corrected chi connectivity index (χ2v) is 7.67. The molecule has 1 aliphatic rings. The van der Waals surface area contributed by atoms with Crippen molar-refractivity contribution in [3.8, 4) is 11.3 Å². The Labute approximate surface area is 177 Å². The van der Waals surface area contributed by atoms with Crippen molar-refractivity contribution in [2.75, 3.05) is 5.32 Å². The number of rotatable bonds is 5. The summed E-state index contributed by atoms with van der Waals surface area (Å²) in [4.78, 5) is 31.8. The average molecular weight is 446 g/mol. The molecule has 4 aromatic rings. The number of imidazole rings is 1. The second kappa shape index (κ2) is 6.98. The van der Waals surface area contributed by atoms with Crippen molar-refractivity contribution in [3.63, 3.8) is 0 Å². The molecule has 2 atom stereocenters. The van der Waals surface area contributed by atoms with Crippen LogP contribution in [0.15, 0.2) is 24.8 Å². The van der Waals surface area contributed by atoms with Crippen LogP contribution in [0.4, 0.5) is 14.6 Å². The number of halogens is 3. The molecule has 4 N–H and O–H groups in total. The predicted molar refractivity (Wildman–Crippen MR) is 108 cm³/mol. The summed E-state index contributed by atoms with van der Waals surface area (Å²) in [5.74, 6) is -2.34. The van der Waals surface area contributed by atoms with Gasteiger partial charge in [0.15, 0.2) is 11.5 Å². The Morgan fingerprint density at radius 2 is 2.13 bits per heavy atom. The SMILES string of the molecule is NC(=O)Cc1c(F)c(Cl)c(-c2cn3cc(NC(=O)C4CC4F)nc3cn2)c2cn[nH]c12. The molecule has 1 saturated carbocycles. The van der Waals surface area contributed by atoms with Gasteiger partial charge >= 0.3 is 0 Å². The van der Waals surface area contributed by atoms with Gasteiger partial charge in [-0.3, -0.25) is 19.7 Å². The quantitative estimate of drug-likeness (QED) is 0.434. The van der Waals surface area contributed by atoms with Crippen LogP contribution < -0.4 is 11.1 Å². The van der Waals surface area contributed by atoms with Gasteiger partial charge in [0.1, 0.15) is 12.0 Å². The molecule has 12 heteroatoms. The van der Waals surface area contributed by atoms with Crippen LogP contribution in [0.3, 0.4) is 0 Å². The summed E-state index contributed by atoms with van der Waals surface area (Å²) in [6.07, 6.45) is 4.73. The molecule has 0 bridgehead atoms. The molecule has 1 aromatic carbocycles. The molecule has 0 spiro atoms. The Kier molecular flexibility index (Phi) is 4.36. The van der Waals surface area contributed by atoms with Crippen LogP contribution >= 0.6 is 11.6 Å². The van der Waals surface area contributed by atoms with E-state index in [0.29, 0.717) is 22.2 Å². The smallest absolute Gasteiger partial charge is 0.231 e. The lowest BCUT2D eigenvalue weighted by Crippen LogP contribution is -2.15. The number of aromatic amines is 1. The van der Waals surface area contributed by atoms with Gasteiger partial charge in [-0.05, 0) is 6.42 Å². The molecular weight excluding hydrogens is 432 g/mol. The molecule has 2 unspecified atom stereocenters. The van der Waals surface area contributed by atoms with E-state index in [2.05, 4.69) is 25.5 Å². The van der Waals surface area contributed by atoms with E-state index < -0.39 is 29.7 Å². The summed E-state index contributed by atoms with van der Waals surface area (Å²) < 4.78 is 29.6. The molecule has 0 radical (unpaired) electrons. The van der Waals surface area contributed by atoms with Gasteiger partial charge in [0.2, 0.25) is 11.8 Å². The largest absolute Gasteiger partial charge is 0.369 e. The maximum absolute atomic E-state index is 15.0. The Morgan fingerprint density at radius 3 is 2.84 bits per heavy atom. The number of nitrogens with two attached hydrogens (primary N) is 1. The predicted octanol–water partition coefficient (Wildman–Crippen LogP) is 2.39. The number of primary amides is 1. The summed E-state index contributed by atoms with van der Waals surface area (Å²) in [6, 6.07) is 0. The molecule has 3 heterocycles. The fourth-order valence-corrected chi connectivity index (χ4v) is 3.82. The number of benzene rings is 1. The molecule has 2 amide bonds. The number of carbonyl (C=O) groups is 2. The van der Waals surface area contributed by atoms with E-state index in [-0.39, 0.29) is 34.8 Å². The van der Waals surface area contributed by atoms with Gasteiger partial charge in [-0.25, -0.2) is 13.8 Å². The highest BCUT2D eigenvalue weighted by Gasteiger charge is 2.43. The van der Waals surface area contributed by atoms with E-state index in [9.17, 15) is 18.4 Å². The zero-order valence-corrected chi connectivity index (χ0v) is 16.5. The average Bonchev–Trinajstić information content (AvgIpc) is 3.11. The van der Waals surface area contributed by atoms with Crippen molar-refractivity contribution >= 4 is 45.8 Å². The van der Waals surface area contributed by atoms with E-state index >= 15 is 0 Å². The molecule has 1 aliphatic carbocycles. The first-order valence-electron chi connectivity index (χ1n) is 9.24. The van der Waals surface area contributed by atoms with Crippen LogP contribution in [-0.4, -0.2) is 42.6 Å². The first-order valence-corrected chi connectivity index (χ1v) is 9.62. The van der Waals surface area contributed by atoms with Crippen LogP contribution in [0, 0.1) is 11.7 Å². The van der Waals surface area contributed by atoms with Crippen molar-refractivity contribution in [2.24, 2.45) is 11.7 Å². The van der Waals surface area contributed by atoms with Crippen molar-refractivity contribution < 1.29 is 18.4 Å². The minimum absolute atomic E-state index is 0.0219. The molecule has 1 fully saturated rings. The summed E-state index contributed by atoms with van der Waals surface area (Å²) in [7, 11) is 0. The fourth-order valence-electron chi connectivity index (χ4n) is 3.51. The van der Waals surface area contributed by atoms with Gasteiger partial charge in [0, 0.05) is 22.7 Å². The maximum Gasteiger partial charge on any atom is 0.231 e. The third kappa shape index (κ3) is 3.26. The van der Waals surface area contributed by atoms with E-state index in [1.54, 1.807) is 10.6 Å². The Morgan fingerprint density at radius 1 is 1.35 bits per heavy atom. The van der Waals surface area contributed by atoms with Crippen molar-refractivity contribution in [2.45, 2.75) is 19.0 Å². The van der Waals surface area contributed by atoms with Crippen LogP contribution in [0.5, 0.6) is 0 Å². The molecule has 9 nitrogen and oxygen atoms in total. The highest BCUT2D eigenvalue weighted by Crippen LogP contribution is 2.38. The Balaban J connectivity index is 1.57. The van der Waals surface area contributed by atoms with Gasteiger partial charge in [-0.2, -0.15) is 5.10 Å². The standard InChI is InChI=1S/C19H14ClF2N7O2/c20-16-15(9-3-25-28-18(9)8(17(16)22)2-12(23)30)11-5-29-6-13(26-14(29)4-24-11)27-19(31)7-1-10(7)21/h3-7,10H,1-2H2,(H2,23,30)(H,25,28)(H,27,31). The van der Waals surface area contributed by atoms with E-state index in [0.717, 1.165) is 0 Å². The number of anilines is 1. The van der Waals surface area contributed by atoms with Crippen LogP contribution in [0.1, 0.15) is 12.0 Å². The van der Waals surface area contributed by atoms with Crippen LogP contribution in [-0.2, 0) is 16.0 Å². The van der Waals surface area contributed by atoms with E-state index in [1.807, 2.05) is 0 Å². The topological polar surface area (TPSA) is 131 Å². The highest BCUT2D eigenvalue weighted by molar-refractivity contribution is 6.35. The lowest BCUT2D eigenvalue weighted by Gasteiger charge is -2.11. The molecule has 0 saturated heterocycles. The minimum atomic E-state index is -1.11. The van der Waals surface area contributed by atoms with Crippen LogP contribution in [0.2, 0.25) is 5.02 Å². The Bertz CT molecular complexity index is 1380. The van der Waals surface area contributed by atoms with Gasteiger partial charge in [-0.1, -0.05) is 11.6 Å². The molecular formula is C19H14ClF2N7O2. The first-order chi connectivity index (χ1) is 14.8. The van der Waals surface area contributed by atoms with E-state index in [4.69, 9.17) is 17.3 Å². The normalized spacial score (nSPS) is 17.9. The van der Waals surface area contributed by atoms with Gasteiger partial charge < -0.3 is 15.5 Å². The monoisotopic (exact) mass is 445 g/mol. The number of hydrogen-bond acceptors (Lipinski definition) is 5. The number of alkyl halides is 1. The number of aromatic nitrogens is 5. The third-order valence-corrected chi connectivity index (χ3v) is 5.49. The lowest BCUT2D eigenvalue weighted by molar-refractivity contribution is -0.118. The second-order valence-electron chi connectivity index (χ2n) is 7.29. The lowest BCUT2D eigenvalue weighted by atomic mass is 10.0. The number of nitrogens with one attached hydrogen (secondary N) is 2. The molecule has 31 heavy (non-hydrogen) atoms. The summed E-state index contributed by atoms with van der Waals surface area (Å²) >= 11 is 6.31. The van der Waals surface area contributed by atoms with E-state index in [1.165, 1.54) is 18.6 Å². The van der Waals surface area contributed by atoms with Crippen LogP contribution in [0.25, 0.3) is 27.8 Å². The van der Waals surface area contributed by atoms with Gasteiger partial charge in [0.05, 0.1) is 47.2 Å². The number of amides is 2. The molecule has 158 valence electrons. The zero-order valence-electron chi connectivity index (χ0n) is 15.7. The number of fused-ring (bicyclic) bond motifs is 2. The number of nitrogens with zero attached hydrogens (tertiary/aromatic N) is 4.